The van der Waals surface area contributed by atoms with Crippen molar-refractivity contribution in [1.82, 2.24) is 4.90 Å². The average molecular weight is 428 g/mol. The SMILES string of the molecule is COc1ccc(CN2CCC(Nc3ccccc3S(=O)(=O)C(F)F)CC2)cc1F. The van der Waals surface area contributed by atoms with Crippen LogP contribution in [-0.2, 0) is 16.4 Å². The topological polar surface area (TPSA) is 58.6 Å². The molecule has 5 nitrogen and oxygen atoms in total. The van der Waals surface area contributed by atoms with E-state index in [0.717, 1.165) is 18.7 Å². The van der Waals surface area contributed by atoms with E-state index in [-0.39, 0.29) is 22.4 Å². The third kappa shape index (κ3) is 5.02. The molecule has 0 saturated carbocycles. The molecule has 1 saturated heterocycles. The molecule has 3 rings (SSSR count). The highest BCUT2D eigenvalue weighted by molar-refractivity contribution is 7.91. The summed E-state index contributed by atoms with van der Waals surface area (Å²) in [6, 6.07) is 10.6. The highest BCUT2D eigenvalue weighted by Gasteiger charge is 2.30. The predicted octanol–water partition coefficient (Wildman–Crippen LogP) is 3.91. The van der Waals surface area contributed by atoms with Crippen molar-refractivity contribution >= 4 is 15.5 Å². The number of halogens is 3. The lowest BCUT2D eigenvalue weighted by Crippen LogP contribution is -2.38. The number of nitrogens with zero attached hydrogens (tertiary/aromatic N) is 1. The molecule has 9 heteroatoms. The Morgan fingerprint density at radius 1 is 1.17 bits per heavy atom. The molecule has 0 amide bonds. The minimum atomic E-state index is -4.67. The monoisotopic (exact) mass is 428 g/mol. The molecule has 2 aromatic carbocycles. The van der Waals surface area contributed by atoms with E-state index in [1.165, 1.54) is 31.4 Å². The molecule has 0 radical (unpaired) electrons. The summed E-state index contributed by atoms with van der Waals surface area (Å²) in [7, 11) is -3.25. The van der Waals surface area contributed by atoms with Crippen LogP contribution in [0.2, 0.25) is 0 Å². The van der Waals surface area contributed by atoms with Gasteiger partial charge in [-0.05, 0) is 42.7 Å². The Balaban J connectivity index is 1.60. The summed E-state index contributed by atoms with van der Waals surface area (Å²) in [6.07, 6.45) is 1.42. The van der Waals surface area contributed by atoms with Crippen molar-refractivity contribution in [2.45, 2.75) is 36.1 Å². The fourth-order valence-corrected chi connectivity index (χ4v) is 4.35. The molecule has 29 heavy (non-hydrogen) atoms. The van der Waals surface area contributed by atoms with E-state index in [9.17, 15) is 21.6 Å². The standard InChI is InChI=1S/C20H23F3N2O3S/c1-28-18-7-6-14(12-16(18)21)13-25-10-8-15(9-11-25)24-17-4-2-3-5-19(17)29(26,27)20(22)23/h2-7,12,15,20,24H,8-11,13H2,1H3. The molecular formula is C20H23F3N2O3S. The normalized spacial score (nSPS) is 16.2. The second-order valence-electron chi connectivity index (χ2n) is 6.97. The maximum atomic E-state index is 13.8. The predicted molar refractivity (Wildman–Crippen MR) is 105 cm³/mol. The summed E-state index contributed by atoms with van der Waals surface area (Å²) in [5.41, 5.74) is 1.03. The number of methoxy groups -OCH3 is 1. The van der Waals surface area contributed by atoms with Crippen LogP contribution in [0.4, 0.5) is 18.9 Å². The van der Waals surface area contributed by atoms with Crippen molar-refractivity contribution in [1.29, 1.82) is 0 Å². The maximum absolute atomic E-state index is 13.8. The van der Waals surface area contributed by atoms with Gasteiger partial charge in [0.2, 0.25) is 9.84 Å². The van der Waals surface area contributed by atoms with Gasteiger partial charge in [0.05, 0.1) is 17.7 Å². The number of likely N-dealkylation sites (tertiary alicyclic amines) is 1. The summed E-state index contributed by atoms with van der Waals surface area (Å²) in [4.78, 5) is 1.78. The molecule has 0 aromatic heterocycles. The lowest BCUT2D eigenvalue weighted by Gasteiger charge is -2.33. The smallest absolute Gasteiger partial charge is 0.341 e. The number of ether oxygens (including phenoxy) is 1. The van der Waals surface area contributed by atoms with Crippen LogP contribution in [0.3, 0.4) is 0 Å². The van der Waals surface area contributed by atoms with Crippen LogP contribution in [0, 0.1) is 5.82 Å². The van der Waals surface area contributed by atoms with Crippen LogP contribution in [0.15, 0.2) is 47.4 Å². The van der Waals surface area contributed by atoms with Gasteiger partial charge >= 0.3 is 5.76 Å². The molecule has 0 atom stereocenters. The maximum Gasteiger partial charge on any atom is 0.341 e. The summed E-state index contributed by atoms with van der Waals surface area (Å²) < 4.78 is 68.4. The van der Waals surface area contributed by atoms with Crippen molar-refractivity contribution < 1.29 is 26.3 Å². The van der Waals surface area contributed by atoms with Crippen molar-refractivity contribution in [3.63, 3.8) is 0 Å². The summed E-state index contributed by atoms with van der Waals surface area (Å²) in [6.45, 7) is 2.02. The number of rotatable bonds is 7. The molecule has 1 heterocycles. The molecule has 158 valence electrons. The molecule has 1 aliphatic rings. The Labute approximate surface area is 168 Å². The Morgan fingerprint density at radius 3 is 2.48 bits per heavy atom. The molecule has 0 bridgehead atoms. The first-order chi connectivity index (χ1) is 13.8. The Kier molecular flexibility index (Phi) is 6.69. The van der Waals surface area contributed by atoms with Gasteiger partial charge in [-0.1, -0.05) is 18.2 Å². The lowest BCUT2D eigenvalue weighted by atomic mass is 10.0. The van der Waals surface area contributed by atoms with E-state index >= 15 is 0 Å². The van der Waals surface area contributed by atoms with Crippen LogP contribution in [-0.4, -0.2) is 45.3 Å². The van der Waals surface area contributed by atoms with Gasteiger partial charge in [-0.25, -0.2) is 12.8 Å². The van der Waals surface area contributed by atoms with Gasteiger partial charge in [0.15, 0.2) is 11.6 Å². The fourth-order valence-electron chi connectivity index (χ4n) is 3.45. The lowest BCUT2D eigenvalue weighted by molar-refractivity contribution is 0.211. The molecule has 1 fully saturated rings. The van der Waals surface area contributed by atoms with Gasteiger partial charge in [-0.3, -0.25) is 4.90 Å². The van der Waals surface area contributed by atoms with Gasteiger partial charge in [0, 0.05) is 25.7 Å². The van der Waals surface area contributed by atoms with Gasteiger partial charge in [-0.15, -0.1) is 0 Å². The summed E-state index contributed by atoms with van der Waals surface area (Å²) >= 11 is 0. The quantitative estimate of drug-likeness (QED) is 0.725. The fraction of sp³-hybridized carbons (Fsp3) is 0.400. The number of hydrogen-bond acceptors (Lipinski definition) is 5. The molecule has 0 unspecified atom stereocenters. The van der Waals surface area contributed by atoms with E-state index in [4.69, 9.17) is 4.74 Å². The zero-order chi connectivity index (χ0) is 21.0. The second kappa shape index (κ2) is 9.04. The number of hydrogen-bond donors (Lipinski definition) is 1. The van der Waals surface area contributed by atoms with E-state index in [0.29, 0.717) is 19.4 Å². The van der Waals surface area contributed by atoms with Crippen LogP contribution in [0.5, 0.6) is 5.75 Å². The largest absolute Gasteiger partial charge is 0.494 e. The number of alkyl halides is 2. The highest BCUT2D eigenvalue weighted by Crippen LogP contribution is 2.28. The summed E-state index contributed by atoms with van der Waals surface area (Å²) in [5, 5.41) is 3.10. The minimum absolute atomic E-state index is 0.0344. The Hall–Kier alpha value is -2.26. The van der Waals surface area contributed by atoms with Crippen molar-refractivity contribution in [2.24, 2.45) is 0 Å². The van der Waals surface area contributed by atoms with E-state index in [1.54, 1.807) is 12.1 Å². The number of piperidine rings is 1. The Bertz CT molecular complexity index is 946. The zero-order valence-electron chi connectivity index (χ0n) is 15.9. The molecule has 2 aromatic rings. The average Bonchev–Trinajstić information content (AvgIpc) is 2.70. The highest BCUT2D eigenvalue weighted by atomic mass is 32.2. The van der Waals surface area contributed by atoms with Gasteiger partial charge in [0.25, 0.3) is 0 Å². The number of para-hydroxylation sites is 1. The van der Waals surface area contributed by atoms with Gasteiger partial charge < -0.3 is 10.1 Å². The first-order valence-corrected chi connectivity index (χ1v) is 10.8. The first kappa shape index (κ1) is 21.4. The van der Waals surface area contributed by atoms with Crippen molar-refractivity contribution in [2.75, 3.05) is 25.5 Å². The van der Waals surface area contributed by atoms with Gasteiger partial charge in [-0.2, -0.15) is 8.78 Å². The van der Waals surface area contributed by atoms with E-state index in [2.05, 4.69) is 10.2 Å². The van der Waals surface area contributed by atoms with Crippen LogP contribution >= 0.6 is 0 Å². The third-order valence-corrected chi connectivity index (χ3v) is 6.44. The molecule has 0 aliphatic carbocycles. The molecule has 0 spiro atoms. The first-order valence-electron chi connectivity index (χ1n) is 9.23. The number of benzene rings is 2. The van der Waals surface area contributed by atoms with E-state index < -0.39 is 21.4 Å². The minimum Gasteiger partial charge on any atom is -0.494 e. The van der Waals surface area contributed by atoms with Crippen molar-refractivity contribution in [3.8, 4) is 5.75 Å². The van der Waals surface area contributed by atoms with Crippen molar-refractivity contribution in [3.05, 3.63) is 53.8 Å². The molecule has 1 N–H and O–H groups in total. The Morgan fingerprint density at radius 2 is 1.86 bits per heavy atom. The van der Waals surface area contributed by atoms with Crippen LogP contribution < -0.4 is 10.1 Å². The second-order valence-corrected chi connectivity index (χ2v) is 8.85. The van der Waals surface area contributed by atoms with E-state index in [1.807, 2.05) is 6.07 Å². The molecule has 1 aliphatic heterocycles. The third-order valence-electron chi connectivity index (χ3n) is 5.00. The zero-order valence-corrected chi connectivity index (χ0v) is 16.8. The summed E-state index contributed by atoms with van der Waals surface area (Å²) in [5.74, 6) is -3.66. The van der Waals surface area contributed by atoms with Gasteiger partial charge in [0.1, 0.15) is 0 Å². The number of anilines is 1. The number of nitrogens with one attached hydrogen (secondary N) is 1. The van der Waals surface area contributed by atoms with Crippen LogP contribution in [0.1, 0.15) is 18.4 Å². The number of sulfone groups is 1. The van der Waals surface area contributed by atoms with Crippen LogP contribution in [0.25, 0.3) is 0 Å². The molecular weight excluding hydrogens is 405 g/mol.